The van der Waals surface area contributed by atoms with Gasteiger partial charge >= 0.3 is 0 Å². The fourth-order valence-electron chi connectivity index (χ4n) is 8.65. The molecule has 0 aliphatic carbocycles. The Balaban J connectivity index is 1.49. The van der Waals surface area contributed by atoms with Crippen molar-refractivity contribution in [2.75, 3.05) is 0 Å². The van der Waals surface area contributed by atoms with Crippen molar-refractivity contribution in [2.45, 2.75) is 0 Å². The third kappa shape index (κ3) is 4.38. The van der Waals surface area contributed by atoms with Crippen LogP contribution in [-0.2, 0) is 0 Å². The molecule has 9 nitrogen and oxygen atoms in total. The number of fused-ring (bicyclic) bond motifs is 6. The molecule has 9 aromatic rings. The van der Waals surface area contributed by atoms with Crippen LogP contribution in [0.1, 0.15) is 0 Å². The van der Waals surface area contributed by atoms with E-state index in [4.69, 9.17) is 4.42 Å². The van der Waals surface area contributed by atoms with Crippen molar-refractivity contribution in [3.8, 4) is 79.4 Å². The Labute approximate surface area is 323 Å². The van der Waals surface area contributed by atoms with Crippen LogP contribution in [0.3, 0.4) is 0 Å². The van der Waals surface area contributed by atoms with Crippen molar-refractivity contribution in [3.63, 3.8) is 0 Å². The number of phenols is 8. The molecule has 0 bridgehead atoms. The minimum absolute atomic E-state index is 0.0171. The molecule has 8 aromatic carbocycles. The van der Waals surface area contributed by atoms with Gasteiger partial charge in [0.05, 0.1) is 21.9 Å². The number of benzene rings is 8. The smallest absolute Gasteiger partial charge is 0.181 e. The summed E-state index contributed by atoms with van der Waals surface area (Å²) in [6.07, 6.45) is 0. The van der Waals surface area contributed by atoms with E-state index in [-0.39, 0.29) is 61.4 Å². The van der Waals surface area contributed by atoms with Crippen molar-refractivity contribution in [1.82, 2.24) is 0 Å². The first-order valence-electron chi connectivity index (χ1n) is 18.0. The lowest BCUT2D eigenvalue weighted by Crippen LogP contribution is -2.39. The Kier molecular flexibility index (Phi) is 7.48. The summed E-state index contributed by atoms with van der Waals surface area (Å²) in [4.78, 5) is 0. The molecule has 14 heteroatoms. The molecule has 1 heterocycles. The molecule has 1 aromatic heterocycles. The average molecular weight is 734 g/mol. The minimum Gasteiger partial charge on any atom is -0.508 e. The summed E-state index contributed by atoms with van der Waals surface area (Å²) in [5.41, 5.74) is 4.62. The largest absolute Gasteiger partial charge is 0.508 e. The predicted molar refractivity (Wildman–Crippen MR) is 237 cm³/mol. The average Bonchev–Trinajstić information content (AvgIpc) is 3.61. The van der Waals surface area contributed by atoms with Crippen molar-refractivity contribution < 1.29 is 45.3 Å². The van der Waals surface area contributed by atoms with Gasteiger partial charge in [0.25, 0.3) is 0 Å². The van der Waals surface area contributed by atoms with E-state index in [0.29, 0.717) is 71.0 Å². The second-order valence-corrected chi connectivity index (χ2v) is 14.5. The van der Waals surface area contributed by atoms with Gasteiger partial charge in [0.2, 0.25) is 0 Å². The molecule has 9 rings (SSSR count). The fraction of sp³-hybridized carbons (Fsp3) is 0. The van der Waals surface area contributed by atoms with Crippen molar-refractivity contribution in [1.29, 1.82) is 0 Å². The van der Waals surface area contributed by atoms with Gasteiger partial charge in [-0.3, -0.25) is 0 Å². The van der Waals surface area contributed by atoms with Crippen LogP contribution in [-0.4, -0.2) is 80.1 Å². The van der Waals surface area contributed by atoms with E-state index in [9.17, 15) is 40.9 Å². The molecule has 0 fully saturated rings. The molecule has 56 heavy (non-hydrogen) atoms. The summed E-state index contributed by atoms with van der Waals surface area (Å²) in [6, 6.07) is 23.1. The lowest BCUT2D eigenvalue weighted by molar-refractivity contribution is 0.378. The molecule has 0 saturated heterocycles. The molecule has 0 unspecified atom stereocenters. The standard InChI is InChI=1S/C42H31B5O9/c43-28-22(23-27-33(48)24-26(34(49)32(47)30(45)29(24)44)39(54)42(27)56-41(23)40(55)31(28)46)20-15-10-4-6-12-17(15)21(18-13-7-5-11-16(18)20)25-37(52)35(50)19(36(51)38(25)53)14-8-2-1-3-9-14/h1-13,48-55H,43-47H2. The highest BCUT2D eigenvalue weighted by Gasteiger charge is 2.32. The van der Waals surface area contributed by atoms with Crippen LogP contribution in [0.25, 0.3) is 87.6 Å². The SMILES string of the molecule is Bc1c(B)c(-c2c3ccccc3c(-c3c(O)c(O)c(-c4ccccc4)c(O)c3O)c3ccccc23)c2c(oc3c(O)c4c(O)c(B)c(B)c(B)c4c(O)c32)c1O. The third-order valence-electron chi connectivity index (χ3n) is 11.8. The number of aromatic hydroxyl groups is 8. The highest BCUT2D eigenvalue weighted by atomic mass is 16.4. The Hall–Kier alpha value is -6.94. The summed E-state index contributed by atoms with van der Waals surface area (Å²) >= 11 is 0. The number of furan rings is 1. The van der Waals surface area contributed by atoms with Gasteiger partial charge in [0.1, 0.15) is 50.7 Å². The summed E-state index contributed by atoms with van der Waals surface area (Å²) in [6.45, 7) is 0. The zero-order chi connectivity index (χ0) is 39.6. The molecule has 268 valence electrons. The molecule has 0 aliphatic heterocycles. The van der Waals surface area contributed by atoms with E-state index in [1.165, 1.54) is 0 Å². The van der Waals surface area contributed by atoms with Crippen LogP contribution in [0.4, 0.5) is 0 Å². The number of phenolic OH excluding ortho intramolecular Hbond substituents is 8. The molecule has 0 aliphatic rings. The van der Waals surface area contributed by atoms with Crippen LogP contribution in [0.5, 0.6) is 46.0 Å². The maximum atomic E-state index is 12.2. The molecule has 0 amide bonds. The Morgan fingerprint density at radius 3 is 1.29 bits per heavy atom. The van der Waals surface area contributed by atoms with Crippen molar-refractivity contribution in [2.24, 2.45) is 0 Å². The predicted octanol–water partition coefficient (Wildman–Crippen LogP) is 0.983. The van der Waals surface area contributed by atoms with Gasteiger partial charge in [0.15, 0.2) is 45.7 Å². The quantitative estimate of drug-likeness (QED) is 0.0570. The Morgan fingerprint density at radius 1 is 0.304 bits per heavy atom. The van der Waals surface area contributed by atoms with Crippen molar-refractivity contribution >= 4 is 121 Å². The first-order chi connectivity index (χ1) is 26.8. The summed E-state index contributed by atoms with van der Waals surface area (Å²) < 4.78 is 6.30. The second kappa shape index (κ2) is 12.0. The van der Waals surface area contributed by atoms with E-state index in [0.717, 1.165) is 5.46 Å². The third-order valence-corrected chi connectivity index (χ3v) is 11.8. The normalized spacial score (nSPS) is 11.8. The molecule has 0 atom stereocenters. The highest BCUT2D eigenvalue weighted by molar-refractivity contribution is 6.62. The minimum atomic E-state index is -0.626. The van der Waals surface area contributed by atoms with Crippen molar-refractivity contribution in [3.05, 3.63) is 78.9 Å². The number of hydrogen-bond donors (Lipinski definition) is 8. The molecular formula is C42H31B5O9. The van der Waals surface area contributed by atoms with Crippen LogP contribution in [0, 0.1) is 0 Å². The molecular weight excluding hydrogens is 703 g/mol. The highest BCUT2D eigenvalue weighted by Crippen LogP contribution is 2.58. The summed E-state index contributed by atoms with van der Waals surface area (Å²) in [5, 5.41) is 96.4. The Bertz CT molecular complexity index is 3150. The summed E-state index contributed by atoms with van der Waals surface area (Å²) in [7, 11) is 8.95. The first kappa shape index (κ1) is 34.8. The molecule has 0 spiro atoms. The zero-order valence-electron chi connectivity index (χ0n) is 31.0. The second-order valence-electron chi connectivity index (χ2n) is 14.5. The van der Waals surface area contributed by atoms with Crippen LogP contribution in [0.15, 0.2) is 83.3 Å². The van der Waals surface area contributed by atoms with E-state index >= 15 is 0 Å². The molecule has 0 saturated carbocycles. The van der Waals surface area contributed by atoms with Gasteiger partial charge in [-0.1, -0.05) is 101 Å². The lowest BCUT2D eigenvalue weighted by Gasteiger charge is -2.22. The van der Waals surface area contributed by atoms with Gasteiger partial charge in [-0.2, -0.15) is 0 Å². The number of hydrogen-bond acceptors (Lipinski definition) is 9. The maximum Gasteiger partial charge on any atom is 0.181 e. The molecule has 0 radical (unpaired) electrons. The first-order valence-corrected chi connectivity index (χ1v) is 18.0. The van der Waals surface area contributed by atoms with Gasteiger partial charge in [-0.05, 0) is 43.7 Å². The van der Waals surface area contributed by atoms with E-state index in [2.05, 4.69) is 0 Å². The van der Waals surface area contributed by atoms with Gasteiger partial charge in [-0.25, -0.2) is 0 Å². The monoisotopic (exact) mass is 734 g/mol. The molecule has 8 N–H and O–H groups in total. The van der Waals surface area contributed by atoms with Crippen LogP contribution in [0.2, 0.25) is 0 Å². The zero-order valence-corrected chi connectivity index (χ0v) is 31.0. The van der Waals surface area contributed by atoms with E-state index in [1.54, 1.807) is 78.1 Å². The van der Waals surface area contributed by atoms with Crippen LogP contribution >= 0.6 is 0 Å². The topological polar surface area (TPSA) is 175 Å². The van der Waals surface area contributed by atoms with Gasteiger partial charge in [0, 0.05) is 16.3 Å². The van der Waals surface area contributed by atoms with Gasteiger partial charge in [-0.15, -0.1) is 0 Å². The number of rotatable bonds is 3. The Morgan fingerprint density at radius 2 is 0.750 bits per heavy atom. The van der Waals surface area contributed by atoms with Gasteiger partial charge < -0.3 is 45.3 Å². The maximum absolute atomic E-state index is 12.2. The summed E-state index contributed by atoms with van der Waals surface area (Å²) in [5.74, 6) is -3.47. The lowest BCUT2D eigenvalue weighted by atomic mass is 9.69. The van der Waals surface area contributed by atoms with E-state index in [1.807, 2.05) is 40.0 Å². The van der Waals surface area contributed by atoms with Crippen LogP contribution < -0.4 is 27.3 Å². The van der Waals surface area contributed by atoms with E-state index < -0.39 is 23.0 Å². The fourth-order valence-corrected chi connectivity index (χ4v) is 8.65.